The minimum atomic E-state index is -0.433. The van der Waals surface area contributed by atoms with Crippen molar-refractivity contribution in [2.45, 2.75) is 20.1 Å². The molecule has 0 unspecified atom stereocenters. The number of nitrogens with zero attached hydrogens (tertiary/aromatic N) is 3. The molecule has 0 saturated carbocycles. The third-order valence-corrected chi connectivity index (χ3v) is 6.63. The van der Waals surface area contributed by atoms with Crippen molar-refractivity contribution in [3.63, 3.8) is 0 Å². The second kappa shape index (κ2) is 10.1. The Morgan fingerprint density at radius 1 is 1.06 bits per heavy atom. The molecule has 1 aliphatic heterocycles. The SMILES string of the molecule is Cc1nc(COc2ccc(F)cc2)sc1C(=O)N1CCN(Cc2ccc(C(N)=O)cc2)CC1. The van der Waals surface area contributed by atoms with E-state index in [1.54, 1.807) is 24.3 Å². The van der Waals surface area contributed by atoms with Gasteiger partial charge in [-0.1, -0.05) is 12.1 Å². The molecule has 1 aliphatic rings. The zero-order chi connectivity index (χ0) is 23.4. The summed E-state index contributed by atoms with van der Waals surface area (Å²) >= 11 is 1.34. The van der Waals surface area contributed by atoms with Crippen LogP contribution in [0.25, 0.3) is 0 Å². The van der Waals surface area contributed by atoms with Gasteiger partial charge in [-0.05, 0) is 48.9 Å². The molecule has 0 spiro atoms. The van der Waals surface area contributed by atoms with Crippen molar-refractivity contribution in [3.05, 3.63) is 81.1 Å². The van der Waals surface area contributed by atoms with Crippen LogP contribution in [0.1, 0.15) is 36.3 Å². The van der Waals surface area contributed by atoms with E-state index in [0.29, 0.717) is 40.0 Å². The predicted octanol–water partition coefficient (Wildman–Crippen LogP) is 3.23. The lowest BCUT2D eigenvalue weighted by atomic mass is 10.1. The number of benzene rings is 2. The molecule has 0 atom stereocenters. The molecule has 1 fully saturated rings. The molecular formula is C24H25FN4O3S. The van der Waals surface area contributed by atoms with Gasteiger partial charge in [-0.15, -0.1) is 11.3 Å². The van der Waals surface area contributed by atoms with Gasteiger partial charge in [0.25, 0.3) is 5.91 Å². The molecule has 0 aliphatic carbocycles. The van der Waals surface area contributed by atoms with Crippen LogP contribution in [-0.2, 0) is 13.2 Å². The van der Waals surface area contributed by atoms with E-state index < -0.39 is 5.91 Å². The zero-order valence-electron chi connectivity index (χ0n) is 18.3. The number of ether oxygens (including phenoxy) is 1. The van der Waals surface area contributed by atoms with Crippen LogP contribution in [0.4, 0.5) is 4.39 Å². The summed E-state index contributed by atoms with van der Waals surface area (Å²) in [4.78, 5) is 33.5. The number of nitrogens with two attached hydrogens (primary N) is 1. The van der Waals surface area contributed by atoms with E-state index in [1.807, 2.05) is 24.0 Å². The van der Waals surface area contributed by atoms with Crippen LogP contribution in [0.2, 0.25) is 0 Å². The largest absolute Gasteiger partial charge is 0.486 e. The van der Waals surface area contributed by atoms with Gasteiger partial charge in [0.2, 0.25) is 5.91 Å². The van der Waals surface area contributed by atoms with Gasteiger partial charge >= 0.3 is 0 Å². The molecule has 0 bridgehead atoms. The van der Waals surface area contributed by atoms with E-state index in [9.17, 15) is 14.0 Å². The predicted molar refractivity (Wildman–Crippen MR) is 124 cm³/mol. The van der Waals surface area contributed by atoms with E-state index in [0.717, 1.165) is 25.2 Å². The maximum Gasteiger partial charge on any atom is 0.265 e. The highest BCUT2D eigenvalue weighted by Crippen LogP contribution is 2.23. The lowest BCUT2D eigenvalue weighted by Crippen LogP contribution is -2.48. The highest BCUT2D eigenvalue weighted by Gasteiger charge is 2.25. The fourth-order valence-corrected chi connectivity index (χ4v) is 4.62. The third-order valence-electron chi connectivity index (χ3n) is 5.52. The van der Waals surface area contributed by atoms with Crippen molar-refractivity contribution in [2.24, 2.45) is 5.73 Å². The minimum absolute atomic E-state index is 0.0107. The van der Waals surface area contributed by atoms with Crippen LogP contribution >= 0.6 is 11.3 Å². The second-order valence-corrected chi connectivity index (χ2v) is 8.98. The fourth-order valence-electron chi connectivity index (χ4n) is 3.67. The summed E-state index contributed by atoms with van der Waals surface area (Å²) in [5.74, 6) is -0.209. The number of hydrogen-bond donors (Lipinski definition) is 1. The topological polar surface area (TPSA) is 88.8 Å². The molecule has 1 saturated heterocycles. The zero-order valence-corrected chi connectivity index (χ0v) is 19.1. The number of aromatic nitrogens is 1. The first kappa shape index (κ1) is 22.9. The number of piperazine rings is 1. The minimum Gasteiger partial charge on any atom is -0.486 e. The lowest BCUT2D eigenvalue weighted by Gasteiger charge is -2.34. The second-order valence-electron chi connectivity index (χ2n) is 7.89. The molecule has 172 valence electrons. The number of thiazole rings is 1. The number of rotatable bonds is 7. The normalized spacial score (nSPS) is 14.3. The average Bonchev–Trinajstić information content (AvgIpc) is 3.19. The van der Waals surface area contributed by atoms with Gasteiger partial charge in [-0.3, -0.25) is 14.5 Å². The number of aryl methyl sites for hydroxylation is 1. The summed E-state index contributed by atoms with van der Waals surface area (Å²) in [5, 5.41) is 0.707. The van der Waals surface area contributed by atoms with E-state index in [1.165, 1.54) is 23.5 Å². The molecular weight excluding hydrogens is 443 g/mol. The molecule has 3 aromatic rings. The Bertz CT molecular complexity index is 1120. The summed E-state index contributed by atoms with van der Waals surface area (Å²) in [6.45, 7) is 5.62. The number of primary amides is 1. The Labute approximate surface area is 195 Å². The van der Waals surface area contributed by atoms with E-state index in [-0.39, 0.29) is 18.3 Å². The molecule has 0 radical (unpaired) electrons. The maximum atomic E-state index is 13.1. The van der Waals surface area contributed by atoms with Gasteiger partial charge in [0.15, 0.2) is 0 Å². The molecule has 2 N–H and O–H groups in total. The number of carbonyl (C=O) groups is 2. The molecule has 2 amide bonds. The van der Waals surface area contributed by atoms with Crippen LogP contribution < -0.4 is 10.5 Å². The Morgan fingerprint density at radius 2 is 1.73 bits per heavy atom. The molecule has 7 nitrogen and oxygen atoms in total. The van der Waals surface area contributed by atoms with Gasteiger partial charge in [0, 0.05) is 38.3 Å². The summed E-state index contributed by atoms with van der Waals surface area (Å²) < 4.78 is 18.7. The van der Waals surface area contributed by atoms with Crippen molar-refractivity contribution < 1.29 is 18.7 Å². The van der Waals surface area contributed by atoms with Crippen LogP contribution in [0.3, 0.4) is 0 Å². The van der Waals surface area contributed by atoms with Gasteiger partial charge in [0.05, 0.1) is 5.69 Å². The Kier molecular flexibility index (Phi) is 7.00. The lowest BCUT2D eigenvalue weighted by molar-refractivity contribution is 0.0632. The van der Waals surface area contributed by atoms with E-state index in [2.05, 4.69) is 9.88 Å². The van der Waals surface area contributed by atoms with Gasteiger partial charge in [0.1, 0.15) is 28.1 Å². The highest BCUT2D eigenvalue weighted by atomic mass is 32.1. The first-order chi connectivity index (χ1) is 15.9. The third kappa shape index (κ3) is 5.74. The van der Waals surface area contributed by atoms with Crippen LogP contribution in [0, 0.1) is 12.7 Å². The summed E-state index contributed by atoms with van der Waals surface area (Å²) in [6.07, 6.45) is 0. The van der Waals surface area contributed by atoms with Crippen molar-refractivity contribution in [1.29, 1.82) is 0 Å². The molecule has 2 aromatic carbocycles. The van der Waals surface area contributed by atoms with Crippen molar-refractivity contribution in [3.8, 4) is 5.75 Å². The molecule has 9 heteroatoms. The molecule has 2 heterocycles. The van der Waals surface area contributed by atoms with Crippen LogP contribution in [-0.4, -0.2) is 52.8 Å². The van der Waals surface area contributed by atoms with Crippen molar-refractivity contribution in [2.75, 3.05) is 26.2 Å². The standard InChI is InChI=1S/C24H25FN4O3S/c1-16-22(33-21(27-16)15-32-20-8-6-19(25)7-9-20)24(31)29-12-10-28(11-13-29)14-17-2-4-18(5-3-17)23(26)30/h2-9H,10-15H2,1H3,(H2,26,30). The first-order valence-corrected chi connectivity index (χ1v) is 11.5. The number of hydrogen-bond acceptors (Lipinski definition) is 6. The molecule has 33 heavy (non-hydrogen) atoms. The Balaban J connectivity index is 1.30. The molecule has 1 aromatic heterocycles. The van der Waals surface area contributed by atoms with Crippen LogP contribution in [0.5, 0.6) is 5.75 Å². The number of halogens is 1. The average molecular weight is 469 g/mol. The Morgan fingerprint density at radius 3 is 2.36 bits per heavy atom. The van der Waals surface area contributed by atoms with Crippen molar-refractivity contribution in [1.82, 2.24) is 14.8 Å². The number of carbonyl (C=O) groups excluding carboxylic acids is 2. The molecule has 4 rings (SSSR count). The Hall–Kier alpha value is -3.30. The maximum absolute atomic E-state index is 13.1. The monoisotopic (exact) mass is 468 g/mol. The van der Waals surface area contributed by atoms with Gasteiger partial charge in [-0.2, -0.15) is 0 Å². The van der Waals surface area contributed by atoms with Crippen molar-refractivity contribution >= 4 is 23.2 Å². The summed E-state index contributed by atoms with van der Waals surface area (Å²) in [6, 6.07) is 13.1. The summed E-state index contributed by atoms with van der Waals surface area (Å²) in [7, 11) is 0. The van der Waals surface area contributed by atoms with Gasteiger partial charge < -0.3 is 15.4 Å². The van der Waals surface area contributed by atoms with E-state index >= 15 is 0 Å². The smallest absolute Gasteiger partial charge is 0.265 e. The first-order valence-electron chi connectivity index (χ1n) is 10.6. The summed E-state index contributed by atoms with van der Waals surface area (Å²) in [5.41, 5.74) is 7.58. The van der Waals surface area contributed by atoms with Gasteiger partial charge in [-0.25, -0.2) is 9.37 Å². The van der Waals surface area contributed by atoms with E-state index in [4.69, 9.17) is 10.5 Å². The van der Waals surface area contributed by atoms with Crippen LogP contribution in [0.15, 0.2) is 48.5 Å². The quantitative estimate of drug-likeness (QED) is 0.575. The highest BCUT2D eigenvalue weighted by molar-refractivity contribution is 7.13. The number of amides is 2. The fraction of sp³-hybridized carbons (Fsp3) is 0.292.